The fourth-order valence-electron chi connectivity index (χ4n) is 1.99. The molecule has 3 rings (SSSR count). The van der Waals surface area contributed by atoms with Crippen LogP contribution >= 0.6 is 0 Å². The van der Waals surface area contributed by atoms with E-state index in [1.165, 1.54) is 12.4 Å². The number of rotatable bonds is 3. The molecule has 0 saturated carbocycles. The molecule has 8 heteroatoms. The summed E-state index contributed by atoms with van der Waals surface area (Å²) in [4.78, 5) is 19.0. The fourth-order valence-corrected chi connectivity index (χ4v) is 1.99. The molecule has 0 fully saturated rings. The molecule has 1 aromatic heterocycles. The minimum absolute atomic E-state index is 0.247. The summed E-state index contributed by atoms with van der Waals surface area (Å²) in [6.45, 7) is 0.671. The Balaban J connectivity index is 1.77. The number of aromatic nitrogens is 2. The summed E-state index contributed by atoms with van der Waals surface area (Å²) in [6, 6.07) is 5.43. The standard InChI is InChI=1S/C14H15N5O3/c15-13(21)8-4-17-14(18-5-8)19-9-1-2-12-11(3-9)16-6-10(20)7-22-12/h1-5,10,16,20H,6-7H2,(H2,15,21)(H,17,18,19)/t10-/m0/s1. The number of hydrogen-bond acceptors (Lipinski definition) is 7. The van der Waals surface area contributed by atoms with E-state index in [4.69, 9.17) is 10.5 Å². The highest BCUT2D eigenvalue weighted by Gasteiger charge is 2.14. The number of anilines is 3. The molecular formula is C14H15N5O3. The zero-order chi connectivity index (χ0) is 15.5. The van der Waals surface area contributed by atoms with Crippen molar-refractivity contribution in [3.05, 3.63) is 36.2 Å². The molecule has 0 spiro atoms. The van der Waals surface area contributed by atoms with Crippen molar-refractivity contribution < 1.29 is 14.6 Å². The van der Waals surface area contributed by atoms with Crippen molar-refractivity contribution in [1.82, 2.24) is 9.97 Å². The first-order valence-electron chi connectivity index (χ1n) is 6.69. The summed E-state index contributed by atoms with van der Waals surface area (Å²) in [5, 5.41) is 15.7. The van der Waals surface area contributed by atoms with Crippen LogP contribution in [0.1, 0.15) is 10.4 Å². The van der Waals surface area contributed by atoms with Crippen LogP contribution in [-0.4, -0.2) is 40.2 Å². The smallest absolute Gasteiger partial charge is 0.251 e. The molecule has 0 radical (unpaired) electrons. The highest BCUT2D eigenvalue weighted by atomic mass is 16.5. The number of aliphatic hydroxyl groups is 1. The maximum atomic E-state index is 11.0. The summed E-state index contributed by atoms with van der Waals surface area (Å²) in [7, 11) is 0. The largest absolute Gasteiger partial charge is 0.489 e. The number of hydrogen-bond donors (Lipinski definition) is 4. The molecule has 0 bridgehead atoms. The molecule has 0 saturated heterocycles. The van der Waals surface area contributed by atoms with Crippen molar-refractivity contribution in [1.29, 1.82) is 0 Å². The third-order valence-corrected chi connectivity index (χ3v) is 3.13. The Morgan fingerprint density at radius 1 is 1.41 bits per heavy atom. The molecule has 1 amide bonds. The second-order valence-electron chi connectivity index (χ2n) is 4.84. The van der Waals surface area contributed by atoms with E-state index in [-0.39, 0.29) is 12.2 Å². The van der Waals surface area contributed by atoms with E-state index in [0.29, 0.717) is 18.2 Å². The SMILES string of the molecule is NC(=O)c1cnc(Nc2ccc3c(c2)NC[C@H](O)CO3)nc1. The Morgan fingerprint density at radius 3 is 2.91 bits per heavy atom. The van der Waals surface area contributed by atoms with Crippen molar-refractivity contribution >= 4 is 23.2 Å². The number of carbonyl (C=O) groups excluding carboxylic acids is 1. The third kappa shape index (κ3) is 3.07. The van der Waals surface area contributed by atoms with Crippen LogP contribution < -0.4 is 21.1 Å². The van der Waals surface area contributed by atoms with E-state index in [0.717, 1.165) is 11.4 Å². The molecule has 0 aliphatic carbocycles. The number of ether oxygens (including phenoxy) is 1. The number of amides is 1. The lowest BCUT2D eigenvalue weighted by molar-refractivity contribution is 0.0999. The van der Waals surface area contributed by atoms with Crippen molar-refractivity contribution in [3.8, 4) is 5.75 Å². The molecule has 1 atom stereocenters. The predicted molar refractivity (Wildman–Crippen MR) is 80.3 cm³/mol. The van der Waals surface area contributed by atoms with E-state index in [2.05, 4.69) is 20.6 Å². The van der Waals surface area contributed by atoms with Gasteiger partial charge >= 0.3 is 0 Å². The Hall–Kier alpha value is -2.87. The van der Waals surface area contributed by atoms with Crippen LogP contribution in [0.2, 0.25) is 0 Å². The second kappa shape index (κ2) is 5.86. The van der Waals surface area contributed by atoms with Gasteiger partial charge in [0.25, 0.3) is 5.91 Å². The number of nitrogens with zero attached hydrogens (tertiary/aromatic N) is 2. The average molecular weight is 301 g/mol. The normalized spacial score (nSPS) is 16.7. The summed E-state index contributed by atoms with van der Waals surface area (Å²) in [6.07, 6.45) is 2.17. The lowest BCUT2D eigenvalue weighted by atomic mass is 10.2. The van der Waals surface area contributed by atoms with Crippen LogP contribution in [0.5, 0.6) is 5.75 Å². The first-order valence-corrected chi connectivity index (χ1v) is 6.69. The van der Waals surface area contributed by atoms with Crippen LogP contribution in [0, 0.1) is 0 Å². The van der Waals surface area contributed by atoms with Gasteiger partial charge in [-0.05, 0) is 18.2 Å². The maximum Gasteiger partial charge on any atom is 0.251 e. The van der Waals surface area contributed by atoms with Gasteiger partial charge in [-0.25, -0.2) is 9.97 Å². The molecule has 0 unspecified atom stereocenters. The number of β-amino-alcohol motifs (C(OH)–C–C–N with tert-alkyl or cyclic N) is 1. The number of nitrogens with two attached hydrogens (primary N) is 1. The van der Waals surface area contributed by atoms with Gasteiger partial charge in [-0.1, -0.05) is 0 Å². The summed E-state index contributed by atoms with van der Waals surface area (Å²) < 4.78 is 5.49. The van der Waals surface area contributed by atoms with Gasteiger partial charge in [0.05, 0.1) is 11.3 Å². The van der Waals surface area contributed by atoms with Crippen LogP contribution in [0.4, 0.5) is 17.3 Å². The monoisotopic (exact) mass is 301 g/mol. The summed E-state index contributed by atoms with van der Waals surface area (Å²) in [5.41, 5.74) is 6.91. The molecule has 114 valence electrons. The van der Waals surface area contributed by atoms with E-state index in [1.54, 1.807) is 6.07 Å². The second-order valence-corrected chi connectivity index (χ2v) is 4.84. The minimum atomic E-state index is -0.573. The average Bonchev–Trinajstić information content (AvgIpc) is 2.70. The van der Waals surface area contributed by atoms with Crippen LogP contribution in [-0.2, 0) is 0 Å². The molecule has 2 heterocycles. The van der Waals surface area contributed by atoms with E-state index in [9.17, 15) is 9.90 Å². The number of primary amides is 1. The zero-order valence-electron chi connectivity index (χ0n) is 11.6. The number of carbonyl (C=O) groups is 1. The Bertz CT molecular complexity index is 689. The molecule has 1 aliphatic rings. The van der Waals surface area contributed by atoms with Gasteiger partial charge in [-0.2, -0.15) is 0 Å². The van der Waals surface area contributed by atoms with Gasteiger partial charge in [0.1, 0.15) is 18.5 Å². The number of fused-ring (bicyclic) bond motifs is 1. The van der Waals surface area contributed by atoms with Crippen molar-refractivity contribution in [3.63, 3.8) is 0 Å². The van der Waals surface area contributed by atoms with E-state index in [1.807, 2.05) is 12.1 Å². The van der Waals surface area contributed by atoms with Crippen LogP contribution in [0.25, 0.3) is 0 Å². The van der Waals surface area contributed by atoms with Crippen molar-refractivity contribution in [2.75, 3.05) is 23.8 Å². The highest BCUT2D eigenvalue weighted by molar-refractivity contribution is 5.92. The lowest BCUT2D eigenvalue weighted by Crippen LogP contribution is -2.23. The first-order chi connectivity index (χ1) is 10.6. The lowest BCUT2D eigenvalue weighted by Gasteiger charge is -2.10. The number of nitrogens with one attached hydrogen (secondary N) is 2. The third-order valence-electron chi connectivity index (χ3n) is 3.13. The number of aliphatic hydroxyl groups excluding tert-OH is 1. The van der Waals surface area contributed by atoms with Gasteiger partial charge in [-0.15, -0.1) is 0 Å². The quantitative estimate of drug-likeness (QED) is 0.650. The molecule has 2 aromatic rings. The van der Waals surface area contributed by atoms with E-state index >= 15 is 0 Å². The van der Waals surface area contributed by atoms with Gasteiger partial charge in [0.2, 0.25) is 5.95 Å². The van der Waals surface area contributed by atoms with Gasteiger partial charge in [0, 0.05) is 24.6 Å². The first kappa shape index (κ1) is 14.1. The topological polar surface area (TPSA) is 122 Å². The fraction of sp³-hybridized carbons (Fsp3) is 0.214. The molecular weight excluding hydrogens is 286 g/mol. The molecule has 1 aromatic carbocycles. The van der Waals surface area contributed by atoms with Crippen molar-refractivity contribution in [2.24, 2.45) is 5.73 Å². The van der Waals surface area contributed by atoms with Crippen molar-refractivity contribution in [2.45, 2.75) is 6.10 Å². The van der Waals surface area contributed by atoms with Gasteiger partial charge in [0.15, 0.2) is 0 Å². The predicted octanol–water partition coefficient (Wildman–Crippen LogP) is 0.484. The molecule has 22 heavy (non-hydrogen) atoms. The van der Waals surface area contributed by atoms with Gasteiger partial charge < -0.3 is 26.2 Å². The summed E-state index contributed by atoms with van der Waals surface area (Å²) >= 11 is 0. The Morgan fingerprint density at radius 2 is 2.18 bits per heavy atom. The highest BCUT2D eigenvalue weighted by Crippen LogP contribution is 2.30. The molecule has 5 N–H and O–H groups in total. The molecule has 1 aliphatic heterocycles. The summed E-state index contributed by atoms with van der Waals surface area (Å²) in [5.74, 6) is 0.447. The zero-order valence-corrected chi connectivity index (χ0v) is 11.6. The van der Waals surface area contributed by atoms with Gasteiger partial charge in [-0.3, -0.25) is 4.79 Å². The maximum absolute atomic E-state index is 11.0. The van der Waals surface area contributed by atoms with E-state index < -0.39 is 12.0 Å². The Labute approximate surface area is 126 Å². The van der Waals surface area contributed by atoms with Crippen LogP contribution in [0.3, 0.4) is 0 Å². The molecule has 8 nitrogen and oxygen atoms in total. The number of benzene rings is 1. The Kier molecular flexibility index (Phi) is 3.75. The minimum Gasteiger partial charge on any atom is -0.489 e. The van der Waals surface area contributed by atoms with Crippen LogP contribution in [0.15, 0.2) is 30.6 Å².